The first-order valence-electron chi connectivity index (χ1n) is 10.0. The smallest absolute Gasteiger partial charge is 0.252 e. The zero-order valence-corrected chi connectivity index (χ0v) is 18.8. The highest BCUT2D eigenvalue weighted by molar-refractivity contribution is 9.10. The Morgan fingerprint density at radius 1 is 1.23 bits per heavy atom. The average Bonchev–Trinajstić information content (AvgIpc) is 3.15. The van der Waals surface area contributed by atoms with Crippen LogP contribution in [0, 0.1) is 0 Å². The summed E-state index contributed by atoms with van der Waals surface area (Å²) >= 11 is 3.44. The minimum Gasteiger partial charge on any atom is -0.494 e. The Morgan fingerprint density at radius 3 is 2.57 bits per heavy atom. The first-order valence-corrected chi connectivity index (χ1v) is 10.8. The second-order valence-electron chi connectivity index (χ2n) is 7.62. The van der Waals surface area contributed by atoms with E-state index in [0.29, 0.717) is 31.1 Å². The molecule has 2 aromatic carbocycles. The molecule has 2 N–H and O–H groups in total. The highest BCUT2D eigenvalue weighted by atomic mass is 79.9. The van der Waals surface area contributed by atoms with Crippen LogP contribution < -0.4 is 10.1 Å². The largest absolute Gasteiger partial charge is 0.494 e. The van der Waals surface area contributed by atoms with Gasteiger partial charge in [-0.25, -0.2) is 4.99 Å². The molecular weight excluding hydrogens is 448 g/mol. The number of ether oxygens (including phenoxy) is 2. The van der Waals surface area contributed by atoms with E-state index in [9.17, 15) is 4.79 Å². The summed E-state index contributed by atoms with van der Waals surface area (Å²) in [6.45, 7) is 4.61. The second kappa shape index (κ2) is 10.1. The van der Waals surface area contributed by atoms with Gasteiger partial charge in [0.15, 0.2) is 5.54 Å². The van der Waals surface area contributed by atoms with Crippen LogP contribution in [0.5, 0.6) is 5.75 Å². The molecule has 0 aromatic heterocycles. The number of aliphatic hydroxyl groups excluding tert-OH is 1. The number of carbonyl (C=O) groups excluding carboxylic acids is 1. The highest BCUT2D eigenvalue weighted by Gasteiger charge is 2.44. The van der Waals surface area contributed by atoms with E-state index in [0.717, 1.165) is 15.6 Å². The van der Waals surface area contributed by atoms with Crippen molar-refractivity contribution >= 4 is 27.7 Å². The fourth-order valence-electron chi connectivity index (χ4n) is 3.17. The molecule has 0 aliphatic carbocycles. The molecule has 0 fully saturated rings. The number of halogens is 1. The van der Waals surface area contributed by atoms with Gasteiger partial charge < -0.3 is 19.9 Å². The molecule has 2 aromatic rings. The molecule has 0 saturated heterocycles. The van der Waals surface area contributed by atoms with Crippen LogP contribution in [0.15, 0.2) is 58.0 Å². The van der Waals surface area contributed by atoms with Gasteiger partial charge in [-0.3, -0.25) is 4.79 Å². The number of nitrogens with zero attached hydrogens (tertiary/aromatic N) is 1. The maximum absolute atomic E-state index is 13.1. The van der Waals surface area contributed by atoms with E-state index < -0.39 is 5.54 Å². The monoisotopic (exact) mass is 474 g/mol. The van der Waals surface area contributed by atoms with Crippen molar-refractivity contribution in [2.45, 2.75) is 38.3 Å². The lowest BCUT2D eigenvalue weighted by Crippen LogP contribution is -2.50. The van der Waals surface area contributed by atoms with Crippen molar-refractivity contribution in [1.82, 2.24) is 5.32 Å². The van der Waals surface area contributed by atoms with Crippen LogP contribution >= 0.6 is 15.9 Å². The van der Waals surface area contributed by atoms with Crippen LogP contribution in [0.2, 0.25) is 0 Å². The predicted molar refractivity (Wildman–Crippen MR) is 120 cm³/mol. The molecular formula is C23H27BrN2O4. The Morgan fingerprint density at radius 2 is 1.93 bits per heavy atom. The van der Waals surface area contributed by atoms with Crippen molar-refractivity contribution in [3.63, 3.8) is 0 Å². The lowest BCUT2D eigenvalue weighted by molar-refractivity contribution is -0.127. The van der Waals surface area contributed by atoms with E-state index in [-0.39, 0.29) is 25.2 Å². The van der Waals surface area contributed by atoms with Crippen LogP contribution in [-0.4, -0.2) is 48.3 Å². The lowest BCUT2D eigenvalue weighted by atomic mass is 9.91. The first kappa shape index (κ1) is 22.3. The van der Waals surface area contributed by atoms with E-state index in [4.69, 9.17) is 19.6 Å². The van der Waals surface area contributed by atoms with Crippen LogP contribution in [0.3, 0.4) is 0 Å². The molecule has 0 bridgehead atoms. The molecule has 30 heavy (non-hydrogen) atoms. The molecule has 1 aliphatic rings. The van der Waals surface area contributed by atoms with Crippen molar-refractivity contribution in [1.29, 1.82) is 0 Å². The summed E-state index contributed by atoms with van der Waals surface area (Å²) in [5, 5.41) is 11.8. The van der Waals surface area contributed by atoms with Gasteiger partial charge in [-0.1, -0.05) is 28.1 Å². The van der Waals surface area contributed by atoms with E-state index >= 15 is 0 Å². The Hall–Kier alpha value is -2.38. The van der Waals surface area contributed by atoms with Crippen LogP contribution in [0.1, 0.15) is 31.4 Å². The third kappa shape index (κ3) is 5.61. The van der Waals surface area contributed by atoms with Crippen LogP contribution in [-0.2, 0) is 16.0 Å². The molecule has 1 atom stereocenters. The SMILES string of the molecule is CC(C)NC(=O)[C@@]1(Cc2ccc(Br)cc2)COC(c2ccc(OCCCO)cc2)=N1. The third-order valence-electron chi connectivity index (χ3n) is 4.69. The Kier molecular flexibility index (Phi) is 7.50. The molecule has 0 saturated carbocycles. The normalized spacial score (nSPS) is 18.1. The minimum absolute atomic E-state index is 0.00824. The van der Waals surface area contributed by atoms with Gasteiger partial charge in [-0.15, -0.1) is 0 Å². The van der Waals surface area contributed by atoms with Gasteiger partial charge in [0.1, 0.15) is 12.4 Å². The van der Waals surface area contributed by atoms with Crippen molar-refractivity contribution < 1.29 is 19.4 Å². The van der Waals surface area contributed by atoms with E-state index in [1.165, 1.54) is 0 Å². The minimum atomic E-state index is -1.01. The Labute approximate surface area is 185 Å². The summed E-state index contributed by atoms with van der Waals surface area (Å²) in [5.41, 5.74) is 0.793. The number of rotatable bonds is 9. The summed E-state index contributed by atoms with van der Waals surface area (Å²) < 4.78 is 12.5. The van der Waals surface area contributed by atoms with Crippen molar-refractivity contribution in [3.8, 4) is 5.75 Å². The van der Waals surface area contributed by atoms with Gasteiger partial charge in [0.2, 0.25) is 5.90 Å². The van der Waals surface area contributed by atoms with Gasteiger partial charge in [-0.2, -0.15) is 0 Å². The standard InChI is InChI=1S/C23H27BrN2O4/c1-16(2)25-22(28)23(14-17-4-8-19(24)9-5-17)15-30-21(26-23)18-6-10-20(11-7-18)29-13-3-12-27/h4-11,16,27H,3,12-15H2,1-2H3,(H,25,28)/t23-/m1/s1. The molecule has 0 radical (unpaired) electrons. The number of hydrogen-bond acceptors (Lipinski definition) is 5. The summed E-state index contributed by atoms with van der Waals surface area (Å²) in [4.78, 5) is 17.8. The zero-order valence-electron chi connectivity index (χ0n) is 17.2. The lowest BCUT2D eigenvalue weighted by Gasteiger charge is -2.24. The zero-order chi connectivity index (χ0) is 21.6. The summed E-state index contributed by atoms with van der Waals surface area (Å²) in [6, 6.07) is 15.3. The van der Waals surface area contributed by atoms with Crippen molar-refractivity contribution in [2.24, 2.45) is 4.99 Å². The number of benzene rings is 2. The first-order chi connectivity index (χ1) is 14.4. The van der Waals surface area contributed by atoms with Crippen molar-refractivity contribution in [2.75, 3.05) is 19.8 Å². The molecule has 0 unspecified atom stereocenters. The fourth-order valence-corrected chi connectivity index (χ4v) is 3.43. The molecule has 1 aliphatic heterocycles. The van der Waals surface area contributed by atoms with Gasteiger partial charge >= 0.3 is 0 Å². The predicted octanol–water partition coefficient (Wildman–Crippen LogP) is 3.49. The maximum atomic E-state index is 13.1. The summed E-state index contributed by atoms with van der Waals surface area (Å²) in [6.07, 6.45) is 1.03. The van der Waals surface area contributed by atoms with Gasteiger partial charge in [-0.05, 0) is 55.8 Å². The van der Waals surface area contributed by atoms with Crippen LogP contribution in [0.4, 0.5) is 0 Å². The molecule has 7 heteroatoms. The molecule has 0 spiro atoms. The Bertz CT molecular complexity index is 881. The number of hydrogen-bond donors (Lipinski definition) is 2. The van der Waals surface area contributed by atoms with Gasteiger partial charge in [0.25, 0.3) is 5.91 Å². The molecule has 3 rings (SSSR count). The molecule has 160 valence electrons. The molecule has 1 amide bonds. The highest BCUT2D eigenvalue weighted by Crippen LogP contribution is 2.28. The van der Waals surface area contributed by atoms with E-state index in [2.05, 4.69) is 21.2 Å². The third-order valence-corrected chi connectivity index (χ3v) is 5.22. The fraction of sp³-hybridized carbons (Fsp3) is 0.391. The second-order valence-corrected chi connectivity index (χ2v) is 8.53. The van der Waals surface area contributed by atoms with Crippen molar-refractivity contribution in [3.05, 3.63) is 64.1 Å². The number of aliphatic imine (C=N–C) groups is 1. The van der Waals surface area contributed by atoms with E-state index in [1.54, 1.807) is 0 Å². The van der Waals surface area contributed by atoms with E-state index in [1.807, 2.05) is 62.4 Å². The number of nitrogens with one attached hydrogen (secondary N) is 1. The van der Waals surface area contributed by atoms with Crippen LogP contribution in [0.25, 0.3) is 0 Å². The quantitative estimate of drug-likeness (QED) is 0.545. The summed E-state index contributed by atoms with van der Waals surface area (Å²) in [7, 11) is 0. The number of amides is 1. The molecule has 1 heterocycles. The molecule has 6 nitrogen and oxygen atoms in total. The van der Waals surface area contributed by atoms with Gasteiger partial charge in [0.05, 0.1) is 6.61 Å². The van der Waals surface area contributed by atoms with Gasteiger partial charge in [0, 0.05) is 35.5 Å². The number of aliphatic hydroxyl groups is 1. The Balaban J connectivity index is 1.83. The maximum Gasteiger partial charge on any atom is 0.252 e. The average molecular weight is 475 g/mol. The topological polar surface area (TPSA) is 80.2 Å². The number of carbonyl (C=O) groups is 1. The summed E-state index contributed by atoms with van der Waals surface area (Å²) in [5.74, 6) is 1.02.